The lowest BCUT2D eigenvalue weighted by Gasteiger charge is -1.96. The van der Waals surface area contributed by atoms with E-state index < -0.39 is 0 Å². The molecule has 2 rings (SSSR count). The van der Waals surface area contributed by atoms with Gasteiger partial charge in [-0.05, 0) is 30.7 Å². The summed E-state index contributed by atoms with van der Waals surface area (Å²) in [5, 5.41) is 6.23. The molecule has 0 aliphatic carbocycles. The van der Waals surface area contributed by atoms with E-state index in [1.807, 2.05) is 12.1 Å². The van der Waals surface area contributed by atoms with E-state index in [1.54, 1.807) is 31.2 Å². The number of carbonyl (C=O) groups is 1. The number of nitrogens with zero attached hydrogens (tertiary/aromatic N) is 1. The Kier molecular flexibility index (Phi) is 3.43. The topological polar surface area (TPSA) is 81.2 Å². The van der Waals surface area contributed by atoms with Crippen LogP contribution in [0.25, 0.3) is 6.08 Å². The Bertz CT molecular complexity index is 570. The molecule has 1 amide bonds. The van der Waals surface area contributed by atoms with Crippen molar-refractivity contribution in [2.45, 2.75) is 6.92 Å². The molecular formula is C13H13N3O2. The molecule has 0 fully saturated rings. The Morgan fingerprint density at radius 1 is 1.39 bits per heavy atom. The van der Waals surface area contributed by atoms with Gasteiger partial charge in [-0.25, -0.2) is 0 Å². The first-order chi connectivity index (χ1) is 8.63. The van der Waals surface area contributed by atoms with Crippen molar-refractivity contribution in [3.63, 3.8) is 0 Å². The fraction of sp³-hybridized carbons (Fsp3) is 0.0769. The number of aryl methyl sites for hydroxylation is 1. The van der Waals surface area contributed by atoms with Crippen molar-refractivity contribution in [2.75, 3.05) is 11.1 Å². The van der Waals surface area contributed by atoms with Crippen LogP contribution in [-0.4, -0.2) is 11.1 Å². The maximum Gasteiger partial charge on any atom is 0.250 e. The second-order valence-corrected chi connectivity index (χ2v) is 3.82. The molecule has 0 aliphatic heterocycles. The van der Waals surface area contributed by atoms with Crippen LogP contribution >= 0.6 is 0 Å². The van der Waals surface area contributed by atoms with Gasteiger partial charge in [-0.2, -0.15) is 0 Å². The van der Waals surface area contributed by atoms with Gasteiger partial charge in [0.1, 0.15) is 0 Å². The minimum absolute atomic E-state index is 0.275. The van der Waals surface area contributed by atoms with Gasteiger partial charge in [0, 0.05) is 17.8 Å². The highest BCUT2D eigenvalue weighted by atomic mass is 16.5. The van der Waals surface area contributed by atoms with Gasteiger partial charge in [0.25, 0.3) is 5.91 Å². The average molecular weight is 243 g/mol. The third-order valence-electron chi connectivity index (χ3n) is 2.24. The Hall–Kier alpha value is -2.56. The van der Waals surface area contributed by atoms with Crippen LogP contribution in [0.3, 0.4) is 0 Å². The second kappa shape index (κ2) is 5.18. The molecule has 0 saturated carbocycles. The minimum atomic E-state index is -0.275. The van der Waals surface area contributed by atoms with Gasteiger partial charge in [-0.1, -0.05) is 17.3 Å². The number of anilines is 2. The van der Waals surface area contributed by atoms with Crippen molar-refractivity contribution in [2.24, 2.45) is 0 Å². The summed E-state index contributed by atoms with van der Waals surface area (Å²) in [7, 11) is 0. The third-order valence-corrected chi connectivity index (χ3v) is 2.24. The number of aromatic nitrogens is 1. The summed E-state index contributed by atoms with van der Waals surface area (Å²) < 4.78 is 4.87. The zero-order valence-electron chi connectivity index (χ0n) is 9.88. The Balaban J connectivity index is 1.96. The molecule has 0 saturated heterocycles. The van der Waals surface area contributed by atoms with Crippen LogP contribution in [0.4, 0.5) is 11.6 Å². The van der Waals surface area contributed by atoms with Crippen LogP contribution in [0.2, 0.25) is 0 Å². The van der Waals surface area contributed by atoms with Gasteiger partial charge in [0.2, 0.25) is 5.88 Å². The van der Waals surface area contributed by atoms with Gasteiger partial charge < -0.3 is 10.3 Å². The third kappa shape index (κ3) is 3.21. The maximum atomic E-state index is 11.6. The molecule has 18 heavy (non-hydrogen) atoms. The van der Waals surface area contributed by atoms with E-state index in [0.29, 0.717) is 17.3 Å². The molecule has 2 aromatic rings. The summed E-state index contributed by atoms with van der Waals surface area (Å²) in [4.78, 5) is 11.6. The molecule has 1 heterocycles. The molecule has 0 aliphatic rings. The van der Waals surface area contributed by atoms with Crippen LogP contribution in [0.5, 0.6) is 0 Å². The summed E-state index contributed by atoms with van der Waals surface area (Å²) in [5.41, 5.74) is 7.87. The highest BCUT2D eigenvalue weighted by Crippen LogP contribution is 2.09. The van der Waals surface area contributed by atoms with Gasteiger partial charge in [-0.3, -0.25) is 10.1 Å². The first-order valence-electron chi connectivity index (χ1n) is 5.41. The first kappa shape index (κ1) is 11.9. The number of hydrogen-bond donors (Lipinski definition) is 2. The van der Waals surface area contributed by atoms with Crippen molar-refractivity contribution >= 4 is 23.6 Å². The smallest absolute Gasteiger partial charge is 0.250 e. The Morgan fingerprint density at radius 2 is 2.11 bits per heavy atom. The molecule has 5 heteroatoms. The predicted molar refractivity (Wildman–Crippen MR) is 69.8 cm³/mol. The first-order valence-corrected chi connectivity index (χ1v) is 5.41. The van der Waals surface area contributed by atoms with Crippen LogP contribution in [0.15, 0.2) is 40.9 Å². The zero-order chi connectivity index (χ0) is 13.0. The fourth-order valence-corrected chi connectivity index (χ4v) is 1.36. The number of hydrogen-bond acceptors (Lipinski definition) is 4. The van der Waals surface area contributed by atoms with E-state index in [2.05, 4.69) is 10.5 Å². The fourth-order valence-electron chi connectivity index (χ4n) is 1.36. The molecule has 5 nitrogen and oxygen atoms in total. The summed E-state index contributed by atoms with van der Waals surface area (Å²) in [5.74, 6) is 0.0578. The summed E-state index contributed by atoms with van der Waals surface area (Å²) in [6, 6.07) is 8.86. The van der Waals surface area contributed by atoms with Crippen LogP contribution in [0, 0.1) is 6.92 Å². The number of benzene rings is 1. The highest BCUT2D eigenvalue weighted by molar-refractivity contribution is 6.01. The lowest BCUT2D eigenvalue weighted by atomic mass is 10.2. The molecular weight excluding hydrogens is 230 g/mol. The van der Waals surface area contributed by atoms with Crippen molar-refractivity contribution in [3.05, 3.63) is 47.7 Å². The second-order valence-electron chi connectivity index (χ2n) is 3.82. The highest BCUT2D eigenvalue weighted by Gasteiger charge is 2.02. The van der Waals surface area contributed by atoms with Gasteiger partial charge in [-0.15, -0.1) is 0 Å². The lowest BCUT2D eigenvalue weighted by Crippen LogP contribution is -2.06. The van der Waals surface area contributed by atoms with Crippen molar-refractivity contribution in [1.82, 2.24) is 5.16 Å². The van der Waals surface area contributed by atoms with E-state index in [0.717, 1.165) is 5.56 Å². The monoisotopic (exact) mass is 243 g/mol. The van der Waals surface area contributed by atoms with Crippen molar-refractivity contribution < 1.29 is 9.32 Å². The molecule has 1 aromatic heterocycles. The standard InChI is InChI=1S/C13H13N3O2/c1-9-8-13(18-16-9)15-12(17)7-4-10-2-5-11(14)6-3-10/h2-8H,14H2,1H3,(H,15,17)/b7-4+. The van der Waals surface area contributed by atoms with Crippen LogP contribution < -0.4 is 11.1 Å². The van der Waals surface area contributed by atoms with Crippen molar-refractivity contribution in [3.8, 4) is 0 Å². The van der Waals surface area contributed by atoms with Crippen LogP contribution in [-0.2, 0) is 4.79 Å². The van der Waals surface area contributed by atoms with Gasteiger partial charge in [0.05, 0.1) is 5.69 Å². The Labute approximate surface area is 104 Å². The number of nitrogen functional groups attached to an aromatic ring is 1. The molecule has 0 atom stereocenters. The number of nitrogens with one attached hydrogen (secondary N) is 1. The van der Waals surface area contributed by atoms with Gasteiger partial charge >= 0.3 is 0 Å². The molecule has 1 aromatic carbocycles. The van der Waals surface area contributed by atoms with Crippen molar-refractivity contribution in [1.29, 1.82) is 0 Å². The number of nitrogens with two attached hydrogens (primary N) is 1. The SMILES string of the molecule is Cc1cc(NC(=O)/C=C/c2ccc(N)cc2)on1. The summed E-state index contributed by atoms with van der Waals surface area (Å²) in [6.45, 7) is 1.78. The average Bonchev–Trinajstić information content (AvgIpc) is 2.74. The minimum Gasteiger partial charge on any atom is -0.399 e. The van der Waals surface area contributed by atoms with E-state index in [1.165, 1.54) is 6.08 Å². The predicted octanol–water partition coefficient (Wildman–Crippen LogP) is 2.22. The van der Waals surface area contributed by atoms with E-state index in [9.17, 15) is 4.79 Å². The number of carbonyl (C=O) groups excluding carboxylic acids is 1. The molecule has 3 N–H and O–H groups in total. The maximum absolute atomic E-state index is 11.6. The normalized spacial score (nSPS) is 10.7. The molecule has 0 radical (unpaired) electrons. The summed E-state index contributed by atoms with van der Waals surface area (Å²) in [6.07, 6.45) is 3.11. The molecule has 0 unspecified atom stereocenters. The van der Waals surface area contributed by atoms with E-state index in [4.69, 9.17) is 10.3 Å². The molecule has 0 spiro atoms. The Morgan fingerprint density at radius 3 is 2.72 bits per heavy atom. The van der Waals surface area contributed by atoms with E-state index in [-0.39, 0.29) is 5.91 Å². The number of amides is 1. The lowest BCUT2D eigenvalue weighted by molar-refractivity contribution is -0.112. The van der Waals surface area contributed by atoms with E-state index >= 15 is 0 Å². The quantitative estimate of drug-likeness (QED) is 0.639. The summed E-state index contributed by atoms with van der Waals surface area (Å²) >= 11 is 0. The largest absolute Gasteiger partial charge is 0.399 e. The van der Waals surface area contributed by atoms with Gasteiger partial charge in [0.15, 0.2) is 0 Å². The van der Waals surface area contributed by atoms with Crippen LogP contribution in [0.1, 0.15) is 11.3 Å². The number of rotatable bonds is 3. The molecule has 92 valence electrons. The zero-order valence-corrected chi connectivity index (χ0v) is 9.88. The molecule has 0 bridgehead atoms.